The Hall–Kier alpha value is -2.56. The van der Waals surface area contributed by atoms with Crippen molar-refractivity contribution in [3.63, 3.8) is 0 Å². The maximum atomic E-state index is 14.1. The van der Waals surface area contributed by atoms with Gasteiger partial charge < -0.3 is 16.0 Å². The number of piperidine rings is 1. The molecule has 0 aliphatic carbocycles. The highest BCUT2D eigenvalue weighted by Crippen LogP contribution is 2.19. The quantitative estimate of drug-likeness (QED) is 0.573. The molecule has 3 N–H and O–H groups in total. The van der Waals surface area contributed by atoms with Gasteiger partial charge in [-0.3, -0.25) is 9.88 Å². The van der Waals surface area contributed by atoms with Gasteiger partial charge in [0.05, 0.1) is 17.8 Å². The zero-order chi connectivity index (χ0) is 22.3. The molecule has 2 aromatic rings. The van der Waals surface area contributed by atoms with Gasteiger partial charge in [-0.25, -0.2) is 17.6 Å². The molecule has 10 heteroatoms. The van der Waals surface area contributed by atoms with Gasteiger partial charge in [0.25, 0.3) is 0 Å². The summed E-state index contributed by atoms with van der Waals surface area (Å²) in [7, 11) is -3.03. The molecule has 31 heavy (non-hydrogen) atoms. The van der Waals surface area contributed by atoms with Gasteiger partial charge in [0, 0.05) is 30.2 Å². The van der Waals surface area contributed by atoms with Gasteiger partial charge in [0.2, 0.25) is 0 Å². The Morgan fingerprint density at radius 1 is 1.19 bits per heavy atom. The van der Waals surface area contributed by atoms with Crippen LogP contribution in [0.1, 0.15) is 25.3 Å². The number of urea groups is 1. The van der Waals surface area contributed by atoms with Crippen molar-refractivity contribution in [2.45, 2.75) is 32.4 Å². The molecule has 0 radical (unpaired) electrons. The molecule has 1 aromatic heterocycles. The van der Waals surface area contributed by atoms with Crippen LogP contribution in [0.5, 0.6) is 0 Å². The minimum absolute atomic E-state index is 0.00814. The summed E-state index contributed by atoms with van der Waals surface area (Å²) in [5.74, 6) is -0.279. The van der Waals surface area contributed by atoms with E-state index in [1.54, 1.807) is 31.3 Å². The zero-order valence-corrected chi connectivity index (χ0v) is 18.3. The molecule has 0 unspecified atom stereocenters. The third-order valence-corrected chi connectivity index (χ3v) is 6.65. The lowest BCUT2D eigenvalue weighted by atomic mass is 10.0. The molecule has 1 saturated heterocycles. The number of sulfone groups is 1. The summed E-state index contributed by atoms with van der Waals surface area (Å²) < 4.78 is 37.4. The summed E-state index contributed by atoms with van der Waals surface area (Å²) in [4.78, 5) is 18.3. The van der Waals surface area contributed by atoms with Gasteiger partial charge in [-0.1, -0.05) is 6.92 Å². The van der Waals surface area contributed by atoms with Crippen LogP contribution in [-0.4, -0.2) is 55.1 Å². The number of aromatic nitrogens is 1. The Morgan fingerprint density at radius 2 is 1.94 bits per heavy atom. The first-order chi connectivity index (χ1) is 14.8. The lowest BCUT2D eigenvalue weighted by Crippen LogP contribution is -2.43. The third kappa shape index (κ3) is 7.57. The van der Waals surface area contributed by atoms with Crippen molar-refractivity contribution in [1.29, 1.82) is 0 Å². The highest BCUT2D eigenvalue weighted by Gasteiger charge is 2.21. The van der Waals surface area contributed by atoms with Crippen LogP contribution in [0.15, 0.2) is 42.7 Å². The van der Waals surface area contributed by atoms with Crippen LogP contribution in [0.4, 0.5) is 20.6 Å². The van der Waals surface area contributed by atoms with Crippen LogP contribution in [0.25, 0.3) is 0 Å². The van der Waals surface area contributed by atoms with Crippen molar-refractivity contribution in [2.24, 2.45) is 0 Å². The average molecular weight is 450 g/mol. The molecule has 1 fully saturated rings. The van der Waals surface area contributed by atoms with Gasteiger partial charge in [-0.15, -0.1) is 0 Å². The molecule has 2 heterocycles. The number of nitrogens with one attached hydrogen (secondary N) is 3. The Labute approximate surface area is 182 Å². The summed E-state index contributed by atoms with van der Waals surface area (Å²) in [5.41, 5.74) is 1.68. The van der Waals surface area contributed by atoms with Gasteiger partial charge in [-0.05, 0) is 61.8 Å². The minimum Gasteiger partial charge on any atom is -0.308 e. The van der Waals surface area contributed by atoms with Crippen LogP contribution in [0.2, 0.25) is 0 Å². The van der Waals surface area contributed by atoms with Crippen molar-refractivity contribution >= 4 is 27.2 Å². The number of anilines is 2. The number of carbonyl (C=O) groups excluding carboxylic acids is 1. The van der Waals surface area contributed by atoms with E-state index in [0.29, 0.717) is 17.9 Å². The molecule has 3 rings (SSSR count). The van der Waals surface area contributed by atoms with E-state index in [1.807, 2.05) is 0 Å². The molecule has 1 aliphatic heterocycles. The summed E-state index contributed by atoms with van der Waals surface area (Å²) in [6, 6.07) is 7.59. The number of carbonyl (C=O) groups is 1. The van der Waals surface area contributed by atoms with Gasteiger partial charge in [0.15, 0.2) is 9.84 Å². The molecule has 0 atom stereocenters. The van der Waals surface area contributed by atoms with Crippen molar-refractivity contribution in [1.82, 2.24) is 15.2 Å². The van der Waals surface area contributed by atoms with Crippen molar-refractivity contribution in [2.75, 3.05) is 35.4 Å². The van der Waals surface area contributed by atoms with Crippen molar-refractivity contribution in [3.05, 3.63) is 54.1 Å². The lowest BCUT2D eigenvalue weighted by Gasteiger charge is -2.32. The Balaban J connectivity index is 1.51. The number of hydrogen-bond acceptors (Lipinski definition) is 6. The van der Waals surface area contributed by atoms with E-state index < -0.39 is 21.7 Å². The smallest absolute Gasteiger partial charge is 0.308 e. The van der Waals surface area contributed by atoms with Crippen LogP contribution >= 0.6 is 0 Å². The summed E-state index contributed by atoms with van der Waals surface area (Å²) in [5, 5.41) is 8.42. The highest BCUT2D eigenvalue weighted by atomic mass is 32.2. The Bertz CT molecular complexity index is 980. The first kappa shape index (κ1) is 23.1. The number of likely N-dealkylation sites (tertiary alicyclic amines) is 1. The molecule has 1 aromatic carbocycles. The molecule has 0 saturated carbocycles. The van der Waals surface area contributed by atoms with E-state index in [1.165, 1.54) is 18.3 Å². The molecule has 0 bridgehead atoms. The highest BCUT2D eigenvalue weighted by molar-refractivity contribution is 7.91. The molecule has 0 spiro atoms. The third-order valence-electron chi connectivity index (χ3n) is 5.16. The normalized spacial score (nSPS) is 15.5. The Morgan fingerprint density at radius 3 is 2.61 bits per heavy atom. The predicted octanol–water partition coefficient (Wildman–Crippen LogP) is 2.81. The van der Waals surface area contributed by atoms with Gasteiger partial charge in [-0.2, -0.15) is 0 Å². The molecular weight excluding hydrogens is 421 g/mol. The first-order valence-electron chi connectivity index (χ1n) is 10.3. The number of pyridine rings is 1. The SMILES string of the molecule is CCS(=O)(=O)CNC1CCN(Cc2cc(F)cc(NC(=O)Nc3cccnc3)c2)CC1. The summed E-state index contributed by atoms with van der Waals surface area (Å²) >= 11 is 0. The largest absolute Gasteiger partial charge is 0.323 e. The number of benzene rings is 1. The lowest BCUT2D eigenvalue weighted by molar-refractivity contribution is 0.193. The average Bonchev–Trinajstić information content (AvgIpc) is 2.73. The van der Waals surface area contributed by atoms with Crippen LogP contribution in [-0.2, 0) is 16.4 Å². The predicted molar refractivity (Wildman–Crippen MR) is 119 cm³/mol. The van der Waals surface area contributed by atoms with Gasteiger partial charge >= 0.3 is 6.03 Å². The molecule has 1 aliphatic rings. The fraction of sp³-hybridized carbons (Fsp3) is 0.429. The second-order valence-electron chi connectivity index (χ2n) is 7.60. The standard InChI is InChI=1S/C21H28FN5O3S/c1-2-31(29,30)15-24-18-5-8-27(9-6-18)14-16-10-17(22)12-20(11-16)26-21(28)25-19-4-3-7-23-13-19/h3-4,7,10-13,18,24H,2,5-6,8-9,14-15H2,1H3,(H2,25,26,28). The van der Waals surface area contributed by atoms with Crippen LogP contribution < -0.4 is 16.0 Å². The van der Waals surface area contributed by atoms with E-state index in [9.17, 15) is 17.6 Å². The topological polar surface area (TPSA) is 103 Å². The van der Waals surface area contributed by atoms with Crippen LogP contribution in [0, 0.1) is 5.82 Å². The zero-order valence-electron chi connectivity index (χ0n) is 17.5. The molecule has 168 valence electrons. The number of nitrogens with zero attached hydrogens (tertiary/aromatic N) is 2. The Kier molecular flexibility index (Phi) is 7.94. The van der Waals surface area contributed by atoms with Crippen molar-refractivity contribution in [3.8, 4) is 0 Å². The number of halogens is 1. The number of rotatable bonds is 8. The molecule has 8 nitrogen and oxygen atoms in total. The molecular formula is C21H28FN5O3S. The van der Waals surface area contributed by atoms with E-state index in [2.05, 4.69) is 25.8 Å². The molecule has 2 amide bonds. The van der Waals surface area contributed by atoms with Crippen LogP contribution in [0.3, 0.4) is 0 Å². The van der Waals surface area contributed by atoms with Gasteiger partial charge in [0.1, 0.15) is 5.82 Å². The first-order valence-corrected chi connectivity index (χ1v) is 12.1. The van der Waals surface area contributed by atoms with E-state index in [0.717, 1.165) is 31.5 Å². The maximum Gasteiger partial charge on any atom is 0.323 e. The maximum absolute atomic E-state index is 14.1. The summed E-state index contributed by atoms with van der Waals surface area (Å²) in [6.45, 7) is 3.76. The van der Waals surface area contributed by atoms with E-state index >= 15 is 0 Å². The number of amides is 2. The van der Waals surface area contributed by atoms with E-state index in [-0.39, 0.29) is 17.7 Å². The van der Waals surface area contributed by atoms with E-state index in [4.69, 9.17) is 0 Å². The second-order valence-corrected chi connectivity index (χ2v) is 9.95. The number of hydrogen-bond donors (Lipinski definition) is 3. The second kappa shape index (κ2) is 10.7. The fourth-order valence-electron chi connectivity index (χ4n) is 3.44. The minimum atomic E-state index is -3.03. The fourth-order valence-corrected chi connectivity index (χ4v) is 4.14. The monoisotopic (exact) mass is 449 g/mol. The summed E-state index contributed by atoms with van der Waals surface area (Å²) in [6.07, 6.45) is 4.78. The van der Waals surface area contributed by atoms with Crippen molar-refractivity contribution < 1.29 is 17.6 Å².